The third kappa shape index (κ3) is 6.15. The Morgan fingerprint density at radius 3 is 2.72 bits per heavy atom. The Balaban J connectivity index is 1.93. The fourth-order valence-electron chi connectivity index (χ4n) is 2.69. The van der Waals surface area contributed by atoms with Crippen molar-refractivity contribution in [3.05, 3.63) is 33.8 Å². The molecule has 25 heavy (non-hydrogen) atoms. The highest BCUT2D eigenvalue weighted by Crippen LogP contribution is 2.23. The van der Waals surface area contributed by atoms with Crippen LogP contribution in [0.4, 0.5) is 0 Å². The van der Waals surface area contributed by atoms with Crippen molar-refractivity contribution in [2.45, 2.75) is 12.5 Å². The van der Waals surface area contributed by atoms with E-state index in [-0.39, 0.29) is 5.91 Å². The molecule has 1 atom stereocenters. The van der Waals surface area contributed by atoms with Gasteiger partial charge in [0.25, 0.3) is 0 Å². The van der Waals surface area contributed by atoms with E-state index in [9.17, 15) is 9.59 Å². The van der Waals surface area contributed by atoms with Crippen LogP contribution >= 0.6 is 23.2 Å². The number of likely N-dealkylation sites (N-methyl/N-ethyl adjacent to an activating group) is 1. The van der Waals surface area contributed by atoms with Crippen molar-refractivity contribution in [2.75, 3.05) is 46.4 Å². The molecule has 1 saturated heterocycles. The lowest BCUT2D eigenvalue weighted by Gasteiger charge is -2.30. The number of rotatable bonds is 8. The van der Waals surface area contributed by atoms with Gasteiger partial charge in [-0.15, -0.1) is 0 Å². The molecule has 1 unspecified atom stereocenters. The molecule has 1 aliphatic rings. The van der Waals surface area contributed by atoms with Crippen molar-refractivity contribution >= 4 is 35.5 Å². The number of halogens is 2. The monoisotopic (exact) mass is 387 g/mol. The van der Waals surface area contributed by atoms with E-state index < -0.39 is 6.04 Å². The average molecular weight is 388 g/mol. The van der Waals surface area contributed by atoms with Crippen LogP contribution < -0.4 is 5.32 Å². The number of carbonyl (C=O) groups excluding carboxylic acids is 2. The van der Waals surface area contributed by atoms with E-state index in [0.29, 0.717) is 29.4 Å². The molecule has 2 amide bonds. The third-order valence-corrected chi connectivity index (χ3v) is 4.96. The van der Waals surface area contributed by atoms with Gasteiger partial charge in [0.05, 0.1) is 23.3 Å². The molecular weight excluding hydrogens is 365 g/mol. The fraction of sp³-hybridized carbons (Fsp3) is 0.529. The molecular formula is C17H23Cl2N3O3. The molecule has 1 aromatic carbocycles. The number of benzene rings is 1. The predicted octanol–water partition coefficient (Wildman–Crippen LogP) is 1.44. The van der Waals surface area contributed by atoms with Gasteiger partial charge in [-0.25, -0.2) is 0 Å². The van der Waals surface area contributed by atoms with Gasteiger partial charge < -0.3 is 15.0 Å². The molecule has 2 rings (SSSR count). The number of nitrogens with zero attached hydrogens (tertiary/aromatic N) is 2. The number of hydrogen-bond acceptors (Lipinski definition) is 4. The summed E-state index contributed by atoms with van der Waals surface area (Å²) in [5.41, 5.74) is 0.837. The van der Waals surface area contributed by atoms with E-state index in [1.54, 1.807) is 30.1 Å². The van der Waals surface area contributed by atoms with Crippen molar-refractivity contribution in [3.63, 3.8) is 0 Å². The standard InChI is InChI=1S/C17H23Cl2N3O3/c1-21(4-5-22-6-8-25-9-7-22)17(24)16(20-12-23)11-13-2-3-14(18)15(19)10-13/h2-3,10,12,16H,4-9,11H2,1H3,(H,20,23). The summed E-state index contributed by atoms with van der Waals surface area (Å²) < 4.78 is 5.32. The lowest BCUT2D eigenvalue weighted by atomic mass is 10.0. The van der Waals surface area contributed by atoms with Gasteiger partial charge in [0, 0.05) is 39.6 Å². The van der Waals surface area contributed by atoms with Gasteiger partial charge in [-0.3, -0.25) is 14.5 Å². The molecule has 0 saturated carbocycles. The summed E-state index contributed by atoms with van der Waals surface area (Å²) in [7, 11) is 1.75. The molecule has 8 heteroatoms. The van der Waals surface area contributed by atoms with E-state index in [4.69, 9.17) is 27.9 Å². The summed E-state index contributed by atoms with van der Waals surface area (Å²) in [6, 6.07) is 4.56. The number of nitrogens with one attached hydrogen (secondary N) is 1. The lowest BCUT2D eigenvalue weighted by molar-refractivity contribution is -0.133. The zero-order chi connectivity index (χ0) is 18.2. The molecule has 6 nitrogen and oxygen atoms in total. The number of morpholine rings is 1. The van der Waals surface area contributed by atoms with Crippen molar-refractivity contribution in [1.29, 1.82) is 0 Å². The van der Waals surface area contributed by atoms with Gasteiger partial charge in [-0.05, 0) is 17.7 Å². The first-order chi connectivity index (χ1) is 12.0. The molecule has 0 radical (unpaired) electrons. The molecule has 138 valence electrons. The smallest absolute Gasteiger partial charge is 0.245 e. The SMILES string of the molecule is CN(CCN1CCOCC1)C(=O)C(Cc1ccc(Cl)c(Cl)c1)NC=O. The Morgan fingerprint density at radius 1 is 1.36 bits per heavy atom. The lowest BCUT2D eigenvalue weighted by Crippen LogP contribution is -2.48. The Morgan fingerprint density at radius 2 is 2.08 bits per heavy atom. The first-order valence-corrected chi connectivity index (χ1v) is 8.95. The van der Waals surface area contributed by atoms with Crippen LogP contribution in [0.15, 0.2) is 18.2 Å². The molecule has 0 aliphatic carbocycles. The zero-order valence-corrected chi connectivity index (χ0v) is 15.7. The first kappa shape index (κ1) is 20.0. The van der Waals surface area contributed by atoms with Gasteiger partial charge in [0.15, 0.2) is 0 Å². The van der Waals surface area contributed by atoms with Gasteiger partial charge in [0.2, 0.25) is 12.3 Å². The van der Waals surface area contributed by atoms with Crippen molar-refractivity contribution in [1.82, 2.24) is 15.1 Å². The molecule has 1 aliphatic heterocycles. The van der Waals surface area contributed by atoms with Gasteiger partial charge in [0.1, 0.15) is 6.04 Å². The average Bonchev–Trinajstić information content (AvgIpc) is 2.62. The van der Waals surface area contributed by atoms with Gasteiger partial charge in [-0.1, -0.05) is 29.3 Å². The summed E-state index contributed by atoms with van der Waals surface area (Å²) in [4.78, 5) is 27.5. The van der Waals surface area contributed by atoms with Crippen molar-refractivity contribution in [3.8, 4) is 0 Å². The second-order valence-electron chi connectivity index (χ2n) is 6.00. The van der Waals surface area contributed by atoms with E-state index in [1.807, 2.05) is 0 Å². The van der Waals surface area contributed by atoms with Crippen LogP contribution in [-0.4, -0.2) is 74.6 Å². The van der Waals surface area contributed by atoms with E-state index in [0.717, 1.165) is 38.4 Å². The van der Waals surface area contributed by atoms with Crippen LogP contribution in [-0.2, 0) is 20.7 Å². The Bertz CT molecular complexity index is 595. The van der Waals surface area contributed by atoms with Crippen LogP contribution in [0, 0.1) is 0 Å². The summed E-state index contributed by atoms with van der Waals surface area (Å²) in [5, 5.41) is 3.49. The number of ether oxygens (including phenoxy) is 1. The second-order valence-corrected chi connectivity index (χ2v) is 6.82. The van der Waals surface area contributed by atoms with Crippen LogP contribution in [0.3, 0.4) is 0 Å². The summed E-state index contributed by atoms with van der Waals surface area (Å²) in [5.74, 6) is -0.133. The molecule has 0 spiro atoms. The maximum absolute atomic E-state index is 12.7. The van der Waals surface area contributed by atoms with Gasteiger partial charge in [-0.2, -0.15) is 0 Å². The summed E-state index contributed by atoms with van der Waals surface area (Å²) in [6.07, 6.45) is 0.909. The zero-order valence-electron chi connectivity index (χ0n) is 14.2. The molecule has 1 fully saturated rings. The predicted molar refractivity (Wildman–Crippen MR) is 98.0 cm³/mol. The largest absolute Gasteiger partial charge is 0.379 e. The van der Waals surface area contributed by atoms with E-state index in [2.05, 4.69) is 10.2 Å². The fourth-order valence-corrected chi connectivity index (χ4v) is 3.02. The van der Waals surface area contributed by atoms with Crippen LogP contribution in [0.25, 0.3) is 0 Å². The van der Waals surface area contributed by atoms with Crippen LogP contribution in [0.5, 0.6) is 0 Å². The van der Waals surface area contributed by atoms with Gasteiger partial charge >= 0.3 is 0 Å². The quantitative estimate of drug-likeness (QED) is 0.685. The highest BCUT2D eigenvalue weighted by Gasteiger charge is 2.23. The first-order valence-electron chi connectivity index (χ1n) is 8.20. The minimum absolute atomic E-state index is 0.133. The highest BCUT2D eigenvalue weighted by molar-refractivity contribution is 6.42. The normalized spacial score (nSPS) is 16.3. The molecule has 1 N–H and O–H groups in total. The Kier molecular flexibility index (Phi) is 7.96. The maximum atomic E-state index is 12.7. The molecule has 0 aromatic heterocycles. The van der Waals surface area contributed by atoms with Crippen molar-refractivity contribution < 1.29 is 14.3 Å². The van der Waals surface area contributed by atoms with Crippen LogP contribution in [0.2, 0.25) is 10.0 Å². The number of hydrogen-bond donors (Lipinski definition) is 1. The minimum atomic E-state index is -0.635. The highest BCUT2D eigenvalue weighted by atomic mass is 35.5. The summed E-state index contributed by atoms with van der Waals surface area (Å²) in [6.45, 7) is 4.58. The topological polar surface area (TPSA) is 61.9 Å². The molecule has 1 heterocycles. The number of carbonyl (C=O) groups is 2. The van der Waals surface area contributed by atoms with E-state index >= 15 is 0 Å². The Hall–Kier alpha value is -1.34. The Labute approximate surface area is 158 Å². The second kappa shape index (κ2) is 9.97. The third-order valence-electron chi connectivity index (χ3n) is 4.22. The summed E-state index contributed by atoms with van der Waals surface area (Å²) >= 11 is 11.9. The minimum Gasteiger partial charge on any atom is -0.379 e. The van der Waals surface area contributed by atoms with E-state index in [1.165, 1.54) is 0 Å². The molecule has 1 aromatic rings. The van der Waals surface area contributed by atoms with Crippen molar-refractivity contribution in [2.24, 2.45) is 0 Å². The maximum Gasteiger partial charge on any atom is 0.245 e. The number of amides is 2. The van der Waals surface area contributed by atoms with Crippen LogP contribution in [0.1, 0.15) is 5.56 Å². The molecule has 0 bridgehead atoms.